The van der Waals surface area contributed by atoms with Crippen molar-refractivity contribution in [3.63, 3.8) is 0 Å². The zero-order chi connectivity index (χ0) is 12.5. The van der Waals surface area contributed by atoms with Crippen LogP contribution < -0.4 is 5.73 Å². The topological polar surface area (TPSA) is 70.5 Å². The Labute approximate surface area is 105 Å². The zero-order valence-corrected chi connectivity index (χ0v) is 10.3. The standard InChI is InChI=1S/C14H16N4/c1-9-7-17-14(18-9)12(15)6-10-8-16-13-5-3-2-4-11(10)13/h2-5,7-8,12,16H,6,15H2,1H3,(H,17,18)/t12-/m0/s1. The van der Waals surface area contributed by atoms with E-state index < -0.39 is 0 Å². The molecule has 4 nitrogen and oxygen atoms in total. The van der Waals surface area contributed by atoms with Gasteiger partial charge in [0.15, 0.2) is 0 Å². The van der Waals surface area contributed by atoms with Gasteiger partial charge in [-0.1, -0.05) is 18.2 Å². The van der Waals surface area contributed by atoms with Gasteiger partial charge in [0.2, 0.25) is 0 Å². The summed E-state index contributed by atoms with van der Waals surface area (Å²) in [5, 5.41) is 1.23. The number of nitrogens with zero attached hydrogens (tertiary/aromatic N) is 1. The molecule has 0 aliphatic heterocycles. The number of hydrogen-bond donors (Lipinski definition) is 3. The van der Waals surface area contributed by atoms with Gasteiger partial charge in [-0.3, -0.25) is 0 Å². The fraction of sp³-hybridized carbons (Fsp3) is 0.214. The number of aromatic nitrogens is 3. The van der Waals surface area contributed by atoms with Crippen molar-refractivity contribution in [1.29, 1.82) is 0 Å². The molecule has 3 aromatic rings. The van der Waals surface area contributed by atoms with E-state index in [1.165, 1.54) is 10.9 Å². The molecule has 0 amide bonds. The van der Waals surface area contributed by atoms with Crippen LogP contribution in [0.3, 0.4) is 0 Å². The Morgan fingerprint density at radius 2 is 2.17 bits per heavy atom. The number of nitrogens with two attached hydrogens (primary N) is 1. The van der Waals surface area contributed by atoms with Crippen LogP contribution in [-0.2, 0) is 6.42 Å². The third kappa shape index (κ3) is 1.91. The van der Waals surface area contributed by atoms with E-state index in [0.29, 0.717) is 0 Å². The van der Waals surface area contributed by atoms with Crippen molar-refractivity contribution in [3.05, 3.63) is 53.7 Å². The van der Waals surface area contributed by atoms with Gasteiger partial charge in [-0.05, 0) is 25.0 Å². The Balaban J connectivity index is 1.88. The van der Waals surface area contributed by atoms with Crippen molar-refractivity contribution in [2.75, 3.05) is 0 Å². The first-order chi connectivity index (χ1) is 8.74. The molecule has 18 heavy (non-hydrogen) atoms. The van der Waals surface area contributed by atoms with Gasteiger partial charge in [-0.25, -0.2) is 4.98 Å². The molecule has 2 heterocycles. The van der Waals surface area contributed by atoms with E-state index in [0.717, 1.165) is 23.5 Å². The monoisotopic (exact) mass is 240 g/mol. The molecule has 4 heteroatoms. The molecule has 0 aliphatic rings. The molecule has 3 rings (SSSR count). The minimum atomic E-state index is -0.0992. The Morgan fingerprint density at radius 1 is 1.33 bits per heavy atom. The van der Waals surface area contributed by atoms with Gasteiger partial charge in [-0.15, -0.1) is 0 Å². The maximum Gasteiger partial charge on any atom is 0.123 e. The Hall–Kier alpha value is -2.07. The second-order valence-corrected chi connectivity index (χ2v) is 4.62. The highest BCUT2D eigenvalue weighted by atomic mass is 14.9. The normalized spacial score (nSPS) is 13.0. The van der Waals surface area contributed by atoms with Crippen molar-refractivity contribution >= 4 is 10.9 Å². The molecule has 4 N–H and O–H groups in total. The van der Waals surface area contributed by atoms with E-state index in [9.17, 15) is 0 Å². The average molecular weight is 240 g/mol. The number of rotatable bonds is 3. The summed E-state index contributed by atoms with van der Waals surface area (Å²) in [4.78, 5) is 10.7. The highest BCUT2D eigenvalue weighted by molar-refractivity contribution is 5.83. The minimum Gasteiger partial charge on any atom is -0.361 e. The molecule has 0 saturated heterocycles. The van der Waals surface area contributed by atoms with Crippen molar-refractivity contribution < 1.29 is 0 Å². The van der Waals surface area contributed by atoms with Gasteiger partial charge < -0.3 is 15.7 Å². The molecular formula is C14H16N4. The van der Waals surface area contributed by atoms with Gasteiger partial charge in [0.25, 0.3) is 0 Å². The molecule has 2 aromatic heterocycles. The molecule has 1 atom stereocenters. The number of nitrogens with one attached hydrogen (secondary N) is 2. The maximum absolute atomic E-state index is 6.18. The number of benzene rings is 1. The Kier molecular flexibility index (Phi) is 2.64. The van der Waals surface area contributed by atoms with Crippen LogP contribution in [0.1, 0.15) is 23.1 Å². The van der Waals surface area contributed by atoms with E-state index in [1.54, 1.807) is 0 Å². The second-order valence-electron chi connectivity index (χ2n) is 4.62. The molecule has 0 bridgehead atoms. The number of imidazole rings is 1. The molecule has 0 aliphatic carbocycles. The van der Waals surface area contributed by atoms with E-state index in [2.05, 4.69) is 27.1 Å². The van der Waals surface area contributed by atoms with Crippen LogP contribution >= 0.6 is 0 Å². The number of H-pyrrole nitrogens is 2. The average Bonchev–Trinajstić information content (AvgIpc) is 2.97. The van der Waals surface area contributed by atoms with Crippen LogP contribution in [0, 0.1) is 6.92 Å². The van der Waals surface area contributed by atoms with Gasteiger partial charge in [0.1, 0.15) is 5.82 Å². The van der Waals surface area contributed by atoms with Crippen LogP contribution in [0.5, 0.6) is 0 Å². The Morgan fingerprint density at radius 3 is 2.94 bits per heavy atom. The summed E-state index contributed by atoms with van der Waals surface area (Å²) in [6, 6.07) is 8.15. The summed E-state index contributed by atoms with van der Waals surface area (Å²) in [6.45, 7) is 1.98. The fourth-order valence-corrected chi connectivity index (χ4v) is 2.26. The number of aryl methyl sites for hydroxylation is 1. The van der Waals surface area contributed by atoms with E-state index >= 15 is 0 Å². The van der Waals surface area contributed by atoms with Crippen LogP contribution in [0.25, 0.3) is 10.9 Å². The number of para-hydroxylation sites is 1. The van der Waals surface area contributed by atoms with E-state index in [1.807, 2.05) is 31.5 Å². The highest BCUT2D eigenvalue weighted by Gasteiger charge is 2.12. The third-order valence-electron chi connectivity index (χ3n) is 3.19. The summed E-state index contributed by atoms with van der Waals surface area (Å²) in [5.41, 5.74) is 9.60. The first kappa shape index (κ1) is 11.0. The van der Waals surface area contributed by atoms with Crippen LogP contribution in [0.4, 0.5) is 0 Å². The second kappa shape index (κ2) is 4.31. The van der Waals surface area contributed by atoms with E-state index in [4.69, 9.17) is 5.73 Å². The molecule has 0 fully saturated rings. The zero-order valence-electron chi connectivity index (χ0n) is 10.3. The SMILES string of the molecule is Cc1cnc([C@@H](N)Cc2c[nH]c3ccccc23)[nH]1. The van der Waals surface area contributed by atoms with Crippen molar-refractivity contribution in [3.8, 4) is 0 Å². The third-order valence-corrected chi connectivity index (χ3v) is 3.19. The fourth-order valence-electron chi connectivity index (χ4n) is 2.26. The lowest BCUT2D eigenvalue weighted by Gasteiger charge is -2.07. The lowest BCUT2D eigenvalue weighted by molar-refractivity contribution is 0.679. The smallest absolute Gasteiger partial charge is 0.123 e. The molecular weight excluding hydrogens is 224 g/mol. The quantitative estimate of drug-likeness (QED) is 0.658. The predicted octanol–water partition coefficient (Wildman–Crippen LogP) is 2.44. The van der Waals surface area contributed by atoms with Gasteiger partial charge in [0.05, 0.1) is 6.04 Å². The summed E-state index contributed by atoms with van der Waals surface area (Å²) < 4.78 is 0. The largest absolute Gasteiger partial charge is 0.361 e. The van der Waals surface area contributed by atoms with Crippen molar-refractivity contribution in [2.24, 2.45) is 5.73 Å². The maximum atomic E-state index is 6.18. The minimum absolute atomic E-state index is 0.0992. The summed E-state index contributed by atoms with van der Waals surface area (Å²) in [7, 11) is 0. The van der Waals surface area contributed by atoms with Crippen LogP contribution in [-0.4, -0.2) is 15.0 Å². The van der Waals surface area contributed by atoms with E-state index in [-0.39, 0.29) is 6.04 Å². The van der Waals surface area contributed by atoms with Gasteiger partial charge >= 0.3 is 0 Å². The molecule has 0 saturated carbocycles. The molecule has 92 valence electrons. The summed E-state index contributed by atoms with van der Waals surface area (Å²) >= 11 is 0. The van der Waals surface area contributed by atoms with Crippen molar-refractivity contribution in [1.82, 2.24) is 15.0 Å². The van der Waals surface area contributed by atoms with Crippen LogP contribution in [0.2, 0.25) is 0 Å². The van der Waals surface area contributed by atoms with Gasteiger partial charge in [0, 0.05) is 29.0 Å². The number of hydrogen-bond acceptors (Lipinski definition) is 2. The lowest BCUT2D eigenvalue weighted by Crippen LogP contribution is -2.14. The predicted molar refractivity (Wildman–Crippen MR) is 72.3 cm³/mol. The molecule has 0 unspecified atom stereocenters. The van der Waals surface area contributed by atoms with Crippen LogP contribution in [0.15, 0.2) is 36.7 Å². The Bertz CT molecular complexity index is 665. The van der Waals surface area contributed by atoms with Gasteiger partial charge in [-0.2, -0.15) is 0 Å². The first-order valence-electron chi connectivity index (χ1n) is 6.06. The number of aromatic amines is 2. The molecule has 0 spiro atoms. The van der Waals surface area contributed by atoms with Crippen molar-refractivity contribution in [2.45, 2.75) is 19.4 Å². The number of fused-ring (bicyclic) bond motifs is 1. The summed E-state index contributed by atoms with van der Waals surface area (Å²) in [6.07, 6.45) is 4.61. The first-order valence-corrected chi connectivity index (χ1v) is 6.06. The molecule has 1 aromatic carbocycles. The highest BCUT2D eigenvalue weighted by Crippen LogP contribution is 2.22. The summed E-state index contributed by atoms with van der Waals surface area (Å²) in [5.74, 6) is 0.845. The molecule has 0 radical (unpaired) electrons. The lowest BCUT2D eigenvalue weighted by atomic mass is 10.1.